The molecule has 1 fully saturated rings. The van der Waals surface area contributed by atoms with Crippen LogP contribution in [0.1, 0.15) is 47.8 Å². The van der Waals surface area contributed by atoms with E-state index >= 15 is 0 Å². The fraction of sp³-hybridized carbons (Fsp3) is 0.391. The number of imidazole rings is 1. The molecule has 5 rings (SSSR count). The Balaban J connectivity index is 0.00000231. The molecule has 2 heterocycles. The van der Waals surface area contributed by atoms with E-state index in [1.54, 1.807) is 24.3 Å². The molecule has 164 valence electrons. The van der Waals surface area contributed by atoms with Crippen LogP contribution < -0.4 is 14.8 Å². The van der Waals surface area contributed by atoms with Crippen LogP contribution in [0.3, 0.4) is 0 Å². The number of carbonyl (C=O) groups is 1. The topological polar surface area (TPSA) is 85.6 Å². The quantitative estimate of drug-likeness (QED) is 0.640. The summed E-state index contributed by atoms with van der Waals surface area (Å²) < 4.78 is 13.2. The molecule has 1 saturated carbocycles. The summed E-state index contributed by atoms with van der Waals surface area (Å²) >= 11 is 0. The third kappa shape index (κ3) is 4.02. The molecule has 0 unspecified atom stereocenters. The Bertz CT molecular complexity index is 1110. The van der Waals surface area contributed by atoms with Gasteiger partial charge in [0, 0.05) is 24.6 Å². The van der Waals surface area contributed by atoms with Crippen molar-refractivity contribution in [3.63, 3.8) is 0 Å². The Labute approximate surface area is 186 Å². The van der Waals surface area contributed by atoms with E-state index in [0.717, 1.165) is 37.0 Å². The van der Waals surface area contributed by atoms with Crippen LogP contribution >= 0.6 is 12.4 Å². The number of nitrogens with zero attached hydrogens (tertiary/aromatic N) is 2. The number of fused-ring (bicyclic) bond motifs is 2. The molecule has 1 aliphatic heterocycles. The third-order valence-electron chi connectivity index (χ3n) is 6.10. The highest BCUT2D eigenvalue weighted by Gasteiger charge is 2.28. The summed E-state index contributed by atoms with van der Waals surface area (Å²) in [5.41, 5.74) is 2.14. The van der Waals surface area contributed by atoms with Crippen molar-refractivity contribution in [3.05, 3.63) is 47.8 Å². The Hall–Kier alpha value is -2.93. The molecular weight excluding hydrogens is 418 g/mol. The summed E-state index contributed by atoms with van der Waals surface area (Å²) in [4.78, 5) is 17.6. The molecule has 2 N–H and O–H groups in total. The Morgan fingerprint density at radius 1 is 1.16 bits per heavy atom. The summed E-state index contributed by atoms with van der Waals surface area (Å²) in [5, 5.41) is 13.3. The lowest BCUT2D eigenvalue weighted by Gasteiger charge is -2.29. The molecule has 31 heavy (non-hydrogen) atoms. The van der Waals surface area contributed by atoms with E-state index in [1.807, 2.05) is 19.2 Å². The normalized spacial score (nSPS) is 20.2. The number of hydrogen-bond acceptors (Lipinski definition) is 5. The maximum Gasteiger partial charge on any atom is 0.251 e. The van der Waals surface area contributed by atoms with Crippen molar-refractivity contribution >= 4 is 29.3 Å². The maximum absolute atomic E-state index is 12.8. The molecule has 0 bridgehead atoms. The second kappa shape index (κ2) is 8.67. The highest BCUT2D eigenvalue weighted by Crippen LogP contribution is 2.36. The van der Waals surface area contributed by atoms with Gasteiger partial charge in [-0.25, -0.2) is 4.98 Å². The Kier molecular flexibility index (Phi) is 5.96. The maximum atomic E-state index is 12.8. The molecule has 2 aromatic carbocycles. The van der Waals surface area contributed by atoms with E-state index < -0.39 is 0 Å². The zero-order valence-corrected chi connectivity index (χ0v) is 18.2. The number of phenolic OH excluding ortho intramolecular Hbond substituents is 1. The lowest BCUT2D eigenvalue weighted by molar-refractivity contribution is 0.0923. The van der Waals surface area contributed by atoms with Gasteiger partial charge in [0.25, 0.3) is 5.91 Å². The van der Waals surface area contributed by atoms with Gasteiger partial charge in [0.1, 0.15) is 30.3 Å². The van der Waals surface area contributed by atoms with Gasteiger partial charge < -0.3 is 24.5 Å². The van der Waals surface area contributed by atoms with Gasteiger partial charge in [0.15, 0.2) is 11.5 Å². The highest BCUT2D eigenvalue weighted by atomic mass is 35.5. The van der Waals surface area contributed by atoms with Crippen molar-refractivity contribution in [2.45, 2.75) is 37.6 Å². The van der Waals surface area contributed by atoms with E-state index in [1.165, 1.54) is 0 Å². The Morgan fingerprint density at radius 2 is 1.97 bits per heavy atom. The number of benzene rings is 2. The monoisotopic (exact) mass is 443 g/mol. The summed E-state index contributed by atoms with van der Waals surface area (Å²) in [7, 11) is 1.99. The van der Waals surface area contributed by atoms with E-state index in [0.29, 0.717) is 35.8 Å². The van der Waals surface area contributed by atoms with Crippen LogP contribution in [0, 0.1) is 0 Å². The van der Waals surface area contributed by atoms with Crippen LogP contribution in [0.5, 0.6) is 17.2 Å². The minimum atomic E-state index is -0.0970. The third-order valence-corrected chi connectivity index (χ3v) is 6.10. The number of aryl methyl sites for hydroxylation is 1. The van der Waals surface area contributed by atoms with Crippen molar-refractivity contribution in [2.24, 2.45) is 7.05 Å². The molecule has 1 aliphatic carbocycles. The van der Waals surface area contributed by atoms with E-state index in [4.69, 9.17) is 14.5 Å². The van der Waals surface area contributed by atoms with Crippen molar-refractivity contribution in [1.29, 1.82) is 0 Å². The fourth-order valence-corrected chi connectivity index (χ4v) is 4.59. The van der Waals surface area contributed by atoms with Gasteiger partial charge in [-0.05, 0) is 49.6 Å². The summed E-state index contributed by atoms with van der Waals surface area (Å²) in [5.74, 6) is 2.61. The number of ether oxygens (including phenoxy) is 2. The van der Waals surface area contributed by atoms with Gasteiger partial charge in [0.05, 0.1) is 5.52 Å². The minimum Gasteiger partial charge on any atom is -0.506 e. The molecule has 0 radical (unpaired) electrons. The first-order valence-corrected chi connectivity index (χ1v) is 10.4. The molecule has 8 heteroatoms. The number of phenols is 1. The molecule has 0 saturated heterocycles. The second-order valence-corrected chi connectivity index (χ2v) is 8.07. The van der Waals surface area contributed by atoms with Gasteiger partial charge in [-0.15, -0.1) is 12.4 Å². The van der Waals surface area contributed by atoms with Crippen molar-refractivity contribution in [2.75, 3.05) is 13.2 Å². The average Bonchev–Trinajstić information content (AvgIpc) is 3.11. The zero-order chi connectivity index (χ0) is 20.7. The number of aromatic hydroxyl groups is 1. The van der Waals surface area contributed by atoms with Crippen LogP contribution in [0.2, 0.25) is 0 Å². The molecule has 7 nitrogen and oxygen atoms in total. The van der Waals surface area contributed by atoms with Gasteiger partial charge in [-0.3, -0.25) is 4.79 Å². The van der Waals surface area contributed by atoms with Gasteiger partial charge in [-0.1, -0.05) is 12.5 Å². The lowest BCUT2D eigenvalue weighted by Crippen LogP contribution is -2.38. The highest BCUT2D eigenvalue weighted by molar-refractivity contribution is 5.95. The number of rotatable bonds is 3. The standard InChI is InChI=1S/C23H25N3O4.ClH/c1-26-17-6-3-7-18(27)21(17)25-22(26)14-4-2-5-16(12-14)24-23(28)15-8-9-19-20(13-15)30-11-10-29-19;/h3,6-9,13-14,16,27H,2,4-5,10-12H2,1H3,(H,24,28);1H/t14-,16-;/m1./s1. The lowest BCUT2D eigenvalue weighted by atomic mass is 9.85. The SMILES string of the molecule is Cl.Cn1c([C@@H]2CCC[C@@H](NC(=O)c3ccc4c(c3)OCCO4)C2)nc2c(O)cccc21. The van der Waals surface area contributed by atoms with Gasteiger partial charge in [0.2, 0.25) is 0 Å². The molecule has 3 aromatic rings. The molecule has 1 amide bonds. The predicted octanol–water partition coefficient (Wildman–Crippen LogP) is 3.93. The predicted molar refractivity (Wildman–Crippen MR) is 120 cm³/mol. The van der Waals surface area contributed by atoms with Crippen LogP contribution in [-0.4, -0.2) is 39.8 Å². The van der Waals surface area contributed by atoms with Crippen molar-refractivity contribution in [3.8, 4) is 17.2 Å². The second-order valence-electron chi connectivity index (χ2n) is 8.07. The summed E-state index contributed by atoms with van der Waals surface area (Å²) in [6.07, 6.45) is 3.82. The molecule has 1 aromatic heterocycles. The number of para-hydroxylation sites is 1. The van der Waals surface area contributed by atoms with Gasteiger partial charge in [-0.2, -0.15) is 0 Å². The minimum absolute atomic E-state index is 0. The number of halogens is 1. The van der Waals surface area contributed by atoms with E-state index in [9.17, 15) is 9.90 Å². The first-order chi connectivity index (χ1) is 14.6. The summed E-state index contributed by atoms with van der Waals surface area (Å²) in [6, 6.07) is 10.9. The number of hydrogen-bond donors (Lipinski definition) is 2. The van der Waals surface area contributed by atoms with Crippen molar-refractivity contribution < 1.29 is 19.4 Å². The smallest absolute Gasteiger partial charge is 0.251 e. The average molecular weight is 444 g/mol. The largest absolute Gasteiger partial charge is 0.506 e. The first kappa shape index (κ1) is 21.3. The van der Waals surface area contributed by atoms with Crippen LogP contribution in [0.15, 0.2) is 36.4 Å². The number of aromatic nitrogens is 2. The zero-order valence-electron chi connectivity index (χ0n) is 17.3. The van der Waals surface area contributed by atoms with E-state index in [-0.39, 0.29) is 36.0 Å². The molecule has 2 atom stereocenters. The molecule has 0 spiro atoms. The number of amides is 1. The van der Waals surface area contributed by atoms with Crippen LogP contribution in [0.25, 0.3) is 11.0 Å². The van der Waals surface area contributed by atoms with Crippen LogP contribution in [0.4, 0.5) is 0 Å². The molecular formula is C23H26ClN3O4. The summed E-state index contributed by atoms with van der Waals surface area (Å²) in [6.45, 7) is 1.03. The van der Waals surface area contributed by atoms with Crippen molar-refractivity contribution in [1.82, 2.24) is 14.9 Å². The number of carbonyl (C=O) groups excluding carboxylic acids is 1. The van der Waals surface area contributed by atoms with E-state index in [2.05, 4.69) is 9.88 Å². The Morgan fingerprint density at radius 3 is 2.77 bits per heavy atom. The van der Waals surface area contributed by atoms with Gasteiger partial charge >= 0.3 is 0 Å². The first-order valence-electron chi connectivity index (χ1n) is 10.4. The van der Waals surface area contributed by atoms with Crippen LogP contribution in [-0.2, 0) is 7.05 Å². The number of nitrogens with one attached hydrogen (secondary N) is 1. The fourth-order valence-electron chi connectivity index (χ4n) is 4.59. The molecule has 2 aliphatic rings.